The molecule has 0 bridgehead atoms. The highest BCUT2D eigenvalue weighted by Crippen LogP contribution is 2.26. The highest BCUT2D eigenvalue weighted by molar-refractivity contribution is 5.43. The maximum atomic E-state index is 5.79. The minimum Gasteiger partial charge on any atom is -0.489 e. The summed E-state index contributed by atoms with van der Waals surface area (Å²) in [7, 11) is 0. The molecule has 0 aliphatic heterocycles. The van der Waals surface area contributed by atoms with Gasteiger partial charge < -0.3 is 10.1 Å². The number of nitrogens with one attached hydrogen (secondary N) is 1. The van der Waals surface area contributed by atoms with E-state index in [4.69, 9.17) is 4.74 Å². The first kappa shape index (κ1) is 13.2. The lowest BCUT2D eigenvalue weighted by molar-refractivity contribution is 0.357. The third kappa shape index (κ3) is 3.61. The Morgan fingerprint density at radius 3 is 2.50 bits per heavy atom. The summed E-state index contributed by atoms with van der Waals surface area (Å²) in [5, 5.41) is 3.55. The van der Waals surface area contributed by atoms with E-state index in [0.717, 1.165) is 18.3 Å². The Morgan fingerprint density at radius 1 is 1.28 bits per heavy atom. The molecule has 0 aromatic heterocycles. The predicted octanol–water partition coefficient (Wildman–Crippen LogP) is 3.51. The molecule has 1 N–H and O–H groups in total. The molecule has 1 aliphatic carbocycles. The second kappa shape index (κ2) is 6.05. The van der Waals surface area contributed by atoms with E-state index in [1.165, 1.54) is 29.5 Å². The molecular formula is C16H23NO. The number of hydrogen-bond acceptors (Lipinski definition) is 2. The number of benzene rings is 1. The first-order chi connectivity index (χ1) is 8.70. The van der Waals surface area contributed by atoms with Crippen LogP contribution in [0, 0.1) is 13.8 Å². The minimum atomic E-state index is 0.651. The topological polar surface area (TPSA) is 21.3 Å². The van der Waals surface area contributed by atoms with Gasteiger partial charge in [-0.1, -0.05) is 24.3 Å². The van der Waals surface area contributed by atoms with Crippen molar-refractivity contribution >= 4 is 0 Å². The quantitative estimate of drug-likeness (QED) is 0.774. The maximum Gasteiger partial charge on any atom is 0.125 e. The second-order valence-electron chi connectivity index (χ2n) is 5.09. The Morgan fingerprint density at radius 2 is 1.94 bits per heavy atom. The highest BCUT2D eigenvalue weighted by atomic mass is 16.5. The summed E-state index contributed by atoms with van der Waals surface area (Å²) < 4.78 is 5.79. The Kier molecular flexibility index (Phi) is 4.43. The van der Waals surface area contributed by atoms with Gasteiger partial charge in [0.25, 0.3) is 0 Å². The second-order valence-corrected chi connectivity index (χ2v) is 5.09. The third-order valence-electron chi connectivity index (χ3n) is 3.25. The molecule has 0 saturated heterocycles. The lowest BCUT2D eigenvalue weighted by Gasteiger charge is -2.13. The van der Waals surface area contributed by atoms with Gasteiger partial charge in [-0.3, -0.25) is 0 Å². The van der Waals surface area contributed by atoms with Crippen molar-refractivity contribution in [2.75, 3.05) is 6.61 Å². The molecule has 98 valence electrons. The minimum absolute atomic E-state index is 0.651. The fourth-order valence-corrected chi connectivity index (χ4v) is 2.15. The lowest BCUT2D eigenvalue weighted by atomic mass is 10.1. The van der Waals surface area contributed by atoms with Gasteiger partial charge in [0, 0.05) is 12.6 Å². The van der Waals surface area contributed by atoms with Crippen molar-refractivity contribution in [2.24, 2.45) is 0 Å². The lowest BCUT2D eigenvalue weighted by Crippen LogP contribution is -2.15. The monoisotopic (exact) mass is 245 g/mol. The normalized spacial score (nSPS) is 15.3. The van der Waals surface area contributed by atoms with Gasteiger partial charge in [-0.25, -0.2) is 0 Å². The standard InChI is InChI=1S/C16H23NO/c1-4-5-8-18-16-12(2)9-14(10-13(16)3)11-17-15-6-7-15/h4-5,9-10,15,17H,6-8,11H2,1-3H3/b5-4+. The molecule has 0 atom stereocenters. The molecule has 1 aliphatic rings. The molecule has 0 unspecified atom stereocenters. The van der Waals surface area contributed by atoms with Crippen molar-refractivity contribution in [1.29, 1.82) is 0 Å². The van der Waals surface area contributed by atoms with E-state index in [-0.39, 0.29) is 0 Å². The summed E-state index contributed by atoms with van der Waals surface area (Å²) in [4.78, 5) is 0. The first-order valence-electron chi connectivity index (χ1n) is 6.78. The van der Waals surface area contributed by atoms with Crippen molar-refractivity contribution in [3.8, 4) is 5.75 Å². The number of ether oxygens (including phenoxy) is 1. The van der Waals surface area contributed by atoms with Crippen molar-refractivity contribution in [3.63, 3.8) is 0 Å². The number of aryl methyl sites for hydroxylation is 2. The molecule has 1 aromatic rings. The Bertz CT molecular complexity index is 410. The average molecular weight is 245 g/mol. The first-order valence-corrected chi connectivity index (χ1v) is 6.78. The predicted molar refractivity (Wildman–Crippen MR) is 76.1 cm³/mol. The van der Waals surface area contributed by atoms with Gasteiger partial charge in [0.15, 0.2) is 0 Å². The van der Waals surface area contributed by atoms with Crippen molar-refractivity contribution in [1.82, 2.24) is 5.32 Å². The molecule has 2 heteroatoms. The van der Waals surface area contributed by atoms with E-state index < -0.39 is 0 Å². The molecular weight excluding hydrogens is 222 g/mol. The van der Waals surface area contributed by atoms with Gasteiger partial charge in [0.2, 0.25) is 0 Å². The molecule has 1 fully saturated rings. The number of rotatable bonds is 6. The van der Waals surface area contributed by atoms with Crippen LogP contribution in [0.25, 0.3) is 0 Å². The molecule has 0 amide bonds. The summed E-state index contributed by atoms with van der Waals surface area (Å²) >= 11 is 0. The fourth-order valence-electron chi connectivity index (χ4n) is 2.15. The Hall–Kier alpha value is -1.28. The van der Waals surface area contributed by atoms with Crippen LogP contribution in [0.1, 0.15) is 36.5 Å². The van der Waals surface area contributed by atoms with Crippen molar-refractivity contribution in [3.05, 3.63) is 41.0 Å². The zero-order chi connectivity index (χ0) is 13.0. The van der Waals surface area contributed by atoms with E-state index in [9.17, 15) is 0 Å². The Labute approximate surface area is 110 Å². The summed E-state index contributed by atoms with van der Waals surface area (Å²) in [6.07, 6.45) is 6.71. The zero-order valence-electron chi connectivity index (χ0n) is 11.6. The van der Waals surface area contributed by atoms with Gasteiger partial charge >= 0.3 is 0 Å². The van der Waals surface area contributed by atoms with Crippen LogP contribution < -0.4 is 10.1 Å². The van der Waals surface area contributed by atoms with Crippen molar-refractivity contribution < 1.29 is 4.74 Å². The molecule has 18 heavy (non-hydrogen) atoms. The third-order valence-corrected chi connectivity index (χ3v) is 3.25. The van der Waals surface area contributed by atoms with Crippen LogP contribution in [-0.2, 0) is 6.54 Å². The van der Waals surface area contributed by atoms with Crippen LogP contribution in [0.15, 0.2) is 24.3 Å². The summed E-state index contributed by atoms with van der Waals surface area (Å²) in [5.41, 5.74) is 3.81. The van der Waals surface area contributed by atoms with Gasteiger partial charge in [-0.05, 0) is 50.3 Å². The molecule has 0 spiro atoms. The molecule has 2 nitrogen and oxygen atoms in total. The van der Waals surface area contributed by atoms with Crippen LogP contribution in [0.2, 0.25) is 0 Å². The number of allylic oxidation sites excluding steroid dienone is 1. The van der Waals surface area contributed by atoms with Crippen LogP contribution in [0.5, 0.6) is 5.75 Å². The average Bonchev–Trinajstić information content (AvgIpc) is 3.14. The van der Waals surface area contributed by atoms with Crippen molar-refractivity contribution in [2.45, 2.75) is 46.2 Å². The summed E-state index contributed by atoms with van der Waals surface area (Å²) in [6, 6.07) is 5.22. The summed E-state index contributed by atoms with van der Waals surface area (Å²) in [5.74, 6) is 1.03. The maximum absolute atomic E-state index is 5.79. The Balaban J connectivity index is 2.01. The van der Waals surface area contributed by atoms with E-state index in [1.54, 1.807) is 0 Å². The van der Waals surface area contributed by atoms with Gasteiger partial charge in [0.05, 0.1) is 0 Å². The van der Waals surface area contributed by atoms with Gasteiger partial charge in [0.1, 0.15) is 12.4 Å². The van der Waals surface area contributed by atoms with E-state index in [0.29, 0.717) is 6.61 Å². The van der Waals surface area contributed by atoms with E-state index in [1.807, 2.05) is 19.1 Å². The zero-order valence-corrected chi connectivity index (χ0v) is 11.6. The number of hydrogen-bond donors (Lipinski definition) is 1. The van der Waals surface area contributed by atoms with Gasteiger partial charge in [-0.15, -0.1) is 0 Å². The fraction of sp³-hybridized carbons (Fsp3) is 0.500. The van der Waals surface area contributed by atoms with Gasteiger partial charge in [-0.2, -0.15) is 0 Å². The molecule has 1 aromatic carbocycles. The highest BCUT2D eigenvalue weighted by Gasteiger charge is 2.20. The molecule has 1 saturated carbocycles. The smallest absolute Gasteiger partial charge is 0.125 e. The molecule has 0 radical (unpaired) electrons. The van der Waals surface area contributed by atoms with Crippen LogP contribution in [-0.4, -0.2) is 12.6 Å². The summed E-state index contributed by atoms with van der Waals surface area (Å²) in [6.45, 7) is 7.88. The molecule has 2 rings (SSSR count). The van der Waals surface area contributed by atoms with Crippen LogP contribution >= 0.6 is 0 Å². The SMILES string of the molecule is C/C=C/COc1c(C)cc(CNC2CC2)cc1C. The molecule has 0 heterocycles. The van der Waals surface area contributed by atoms with E-state index >= 15 is 0 Å². The van der Waals surface area contributed by atoms with Crippen LogP contribution in [0.3, 0.4) is 0 Å². The largest absolute Gasteiger partial charge is 0.489 e. The van der Waals surface area contributed by atoms with E-state index in [2.05, 4.69) is 31.3 Å². The van der Waals surface area contributed by atoms with Crippen LogP contribution in [0.4, 0.5) is 0 Å².